The van der Waals surface area contributed by atoms with Crippen molar-refractivity contribution in [2.24, 2.45) is 5.73 Å². The van der Waals surface area contributed by atoms with E-state index in [9.17, 15) is 8.78 Å². The van der Waals surface area contributed by atoms with Gasteiger partial charge in [-0.25, -0.2) is 8.78 Å². The summed E-state index contributed by atoms with van der Waals surface area (Å²) in [4.78, 5) is 0. The van der Waals surface area contributed by atoms with Crippen LogP contribution < -0.4 is 5.73 Å². The molecule has 0 spiro atoms. The van der Waals surface area contributed by atoms with Gasteiger partial charge in [-0.15, -0.1) is 0 Å². The number of aryl methyl sites for hydroxylation is 1. The first-order valence-corrected chi connectivity index (χ1v) is 5.11. The first kappa shape index (κ1) is 11.6. The van der Waals surface area contributed by atoms with Gasteiger partial charge >= 0.3 is 0 Å². The topological polar surface area (TPSA) is 26.0 Å². The summed E-state index contributed by atoms with van der Waals surface area (Å²) in [6.45, 7) is 1.66. The highest BCUT2D eigenvalue weighted by Gasteiger charge is 2.31. The molecule has 78 valence electrons. The van der Waals surface area contributed by atoms with Crippen molar-refractivity contribution in [2.45, 2.75) is 19.3 Å². The molecule has 1 aromatic rings. The molecule has 0 aromatic heterocycles. The van der Waals surface area contributed by atoms with E-state index in [1.807, 2.05) is 0 Å². The molecule has 0 aliphatic rings. The molecule has 0 aliphatic carbocycles. The van der Waals surface area contributed by atoms with Crippen LogP contribution in [0.2, 0.25) is 0 Å². The molecule has 2 N–H and O–H groups in total. The lowest BCUT2D eigenvalue weighted by molar-refractivity contribution is -0.0113. The zero-order valence-corrected chi connectivity index (χ0v) is 9.44. The van der Waals surface area contributed by atoms with Gasteiger partial charge in [-0.2, -0.15) is 0 Å². The predicted octanol–water partition coefficient (Wildman–Crippen LogP) is 3.20. The van der Waals surface area contributed by atoms with Gasteiger partial charge in [0.2, 0.25) is 0 Å². The minimum atomic E-state index is -2.83. The van der Waals surface area contributed by atoms with Gasteiger partial charge < -0.3 is 5.73 Å². The van der Waals surface area contributed by atoms with Crippen molar-refractivity contribution in [2.75, 3.05) is 6.54 Å². The molecule has 0 atom stereocenters. The molecule has 0 heterocycles. The van der Waals surface area contributed by atoms with Gasteiger partial charge in [0.05, 0.1) is 0 Å². The quantitative estimate of drug-likeness (QED) is 0.891. The summed E-state index contributed by atoms with van der Waals surface area (Å²) in [6.07, 6.45) is -0.315. The predicted molar refractivity (Wildman–Crippen MR) is 56.4 cm³/mol. The molecular weight excluding hydrogens is 252 g/mol. The third-order valence-electron chi connectivity index (χ3n) is 2.05. The maximum absolute atomic E-state index is 13.5. The van der Waals surface area contributed by atoms with Crippen LogP contribution in [0.1, 0.15) is 17.5 Å². The fourth-order valence-electron chi connectivity index (χ4n) is 1.30. The Morgan fingerprint density at radius 1 is 1.43 bits per heavy atom. The number of halogens is 3. The van der Waals surface area contributed by atoms with Crippen molar-refractivity contribution in [3.05, 3.63) is 33.8 Å². The molecule has 0 aliphatic heterocycles. The van der Waals surface area contributed by atoms with Crippen molar-refractivity contribution in [3.63, 3.8) is 0 Å². The summed E-state index contributed by atoms with van der Waals surface area (Å²) >= 11 is 3.18. The lowest BCUT2D eigenvalue weighted by Gasteiger charge is -2.18. The van der Waals surface area contributed by atoms with Gasteiger partial charge in [-0.3, -0.25) is 0 Å². The van der Waals surface area contributed by atoms with Crippen LogP contribution in [-0.4, -0.2) is 6.54 Å². The Labute approximate surface area is 90.4 Å². The van der Waals surface area contributed by atoms with E-state index in [-0.39, 0.29) is 18.5 Å². The summed E-state index contributed by atoms with van der Waals surface area (Å²) in [5.74, 6) is -2.83. The number of hydrogen-bond acceptors (Lipinski definition) is 1. The highest BCUT2D eigenvalue weighted by atomic mass is 79.9. The Morgan fingerprint density at radius 3 is 2.64 bits per heavy atom. The summed E-state index contributed by atoms with van der Waals surface area (Å²) < 4.78 is 27.7. The standard InChI is InChI=1S/C10H12BrF2N/c1-7-2-3-8(11)6-9(7)10(12,13)4-5-14/h2-3,6H,4-5,14H2,1H3. The molecule has 1 rings (SSSR count). The monoisotopic (exact) mass is 263 g/mol. The van der Waals surface area contributed by atoms with Gasteiger partial charge in [-0.1, -0.05) is 22.0 Å². The van der Waals surface area contributed by atoms with E-state index in [0.29, 0.717) is 10.0 Å². The van der Waals surface area contributed by atoms with Gasteiger partial charge in [0, 0.05) is 16.5 Å². The van der Waals surface area contributed by atoms with E-state index in [1.54, 1.807) is 19.1 Å². The summed E-state index contributed by atoms with van der Waals surface area (Å²) in [7, 11) is 0. The van der Waals surface area contributed by atoms with Crippen LogP contribution in [0, 0.1) is 6.92 Å². The molecule has 0 saturated carbocycles. The van der Waals surface area contributed by atoms with E-state index >= 15 is 0 Å². The van der Waals surface area contributed by atoms with E-state index < -0.39 is 5.92 Å². The van der Waals surface area contributed by atoms with Gasteiger partial charge in [0.15, 0.2) is 0 Å². The lowest BCUT2D eigenvalue weighted by atomic mass is 10.0. The fourth-order valence-corrected chi connectivity index (χ4v) is 1.67. The zero-order valence-electron chi connectivity index (χ0n) is 7.86. The molecule has 0 unspecified atom stereocenters. The molecule has 0 saturated heterocycles. The minimum absolute atomic E-state index is 0.0149. The molecule has 0 radical (unpaired) electrons. The van der Waals surface area contributed by atoms with E-state index in [1.165, 1.54) is 6.07 Å². The van der Waals surface area contributed by atoms with Crippen LogP contribution in [0.15, 0.2) is 22.7 Å². The SMILES string of the molecule is Cc1ccc(Br)cc1C(F)(F)CCN. The number of benzene rings is 1. The Hall–Kier alpha value is -0.480. The first-order valence-electron chi connectivity index (χ1n) is 4.32. The van der Waals surface area contributed by atoms with Crippen LogP contribution in [0.4, 0.5) is 8.78 Å². The third kappa shape index (κ3) is 2.51. The number of hydrogen-bond donors (Lipinski definition) is 1. The van der Waals surface area contributed by atoms with E-state index in [4.69, 9.17) is 5.73 Å². The molecule has 0 fully saturated rings. The Bertz CT molecular complexity index is 326. The highest BCUT2D eigenvalue weighted by molar-refractivity contribution is 9.10. The van der Waals surface area contributed by atoms with Gasteiger partial charge in [-0.05, 0) is 31.2 Å². The lowest BCUT2D eigenvalue weighted by Crippen LogP contribution is -2.19. The van der Waals surface area contributed by atoms with Crippen LogP contribution >= 0.6 is 15.9 Å². The summed E-state index contributed by atoms with van der Waals surface area (Å²) in [6, 6.07) is 4.87. The highest BCUT2D eigenvalue weighted by Crippen LogP contribution is 2.34. The second-order valence-electron chi connectivity index (χ2n) is 3.20. The third-order valence-corrected chi connectivity index (χ3v) is 2.55. The molecule has 0 bridgehead atoms. The fraction of sp³-hybridized carbons (Fsp3) is 0.400. The second kappa shape index (κ2) is 4.36. The maximum Gasteiger partial charge on any atom is 0.274 e. The maximum atomic E-state index is 13.5. The van der Waals surface area contributed by atoms with Gasteiger partial charge in [0.1, 0.15) is 0 Å². The summed E-state index contributed by atoms with van der Waals surface area (Å²) in [5, 5.41) is 0. The largest absolute Gasteiger partial charge is 0.330 e. The number of rotatable bonds is 3. The Balaban J connectivity index is 3.10. The molecular formula is C10H12BrF2N. The zero-order chi connectivity index (χ0) is 10.8. The normalized spacial score (nSPS) is 11.8. The Morgan fingerprint density at radius 2 is 2.07 bits per heavy atom. The molecule has 0 amide bonds. The van der Waals surface area contributed by atoms with Crippen molar-refractivity contribution in [3.8, 4) is 0 Å². The molecule has 4 heteroatoms. The van der Waals surface area contributed by atoms with Gasteiger partial charge in [0.25, 0.3) is 5.92 Å². The average molecular weight is 264 g/mol. The van der Waals surface area contributed by atoms with Crippen molar-refractivity contribution in [1.82, 2.24) is 0 Å². The van der Waals surface area contributed by atoms with E-state index in [2.05, 4.69) is 15.9 Å². The Kier molecular flexibility index (Phi) is 3.61. The minimum Gasteiger partial charge on any atom is -0.330 e. The second-order valence-corrected chi connectivity index (χ2v) is 4.12. The summed E-state index contributed by atoms with van der Waals surface area (Å²) in [5.41, 5.74) is 5.79. The van der Waals surface area contributed by atoms with Crippen LogP contribution in [-0.2, 0) is 5.92 Å². The molecule has 14 heavy (non-hydrogen) atoms. The van der Waals surface area contributed by atoms with Crippen molar-refractivity contribution >= 4 is 15.9 Å². The molecule has 1 aromatic carbocycles. The number of nitrogens with two attached hydrogens (primary N) is 1. The van der Waals surface area contributed by atoms with Crippen LogP contribution in [0.3, 0.4) is 0 Å². The smallest absolute Gasteiger partial charge is 0.274 e. The molecule has 1 nitrogen and oxygen atoms in total. The van der Waals surface area contributed by atoms with Crippen LogP contribution in [0.5, 0.6) is 0 Å². The number of alkyl halides is 2. The average Bonchev–Trinajstić information content (AvgIpc) is 2.09. The van der Waals surface area contributed by atoms with Crippen LogP contribution in [0.25, 0.3) is 0 Å². The van der Waals surface area contributed by atoms with Crippen molar-refractivity contribution in [1.29, 1.82) is 0 Å². The van der Waals surface area contributed by atoms with Crippen molar-refractivity contribution < 1.29 is 8.78 Å². The first-order chi connectivity index (χ1) is 6.47. The van der Waals surface area contributed by atoms with E-state index in [0.717, 1.165) is 0 Å².